The number of nitrogens with one attached hydrogen (secondary N) is 1. The second-order valence-corrected chi connectivity index (χ2v) is 7.49. The summed E-state index contributed by atoms with van der Waals surface area (Å²) < 4.78 is 7.53. The number of rotatable bonds is 5. The third-order valence-electron chi connectivity index (χ3n) is 5.45. The number of aromatic amines is 1. The van der Waals surface area contributed by atoms with Gasteiger partial charge in [0.05, 0.1) is 18.1 Å². The fourth-order valence-electron chi connectivity index (χ4n) is 3.87. The highest BCUT2D eigenvalue weighted by molar-refractivity contribution is 5.69. The van der Waals surface area contributed by atoms with E-state index in [0.29, 0.717) is 0 Å². The summed E-state index contributed by atoms with van der Waals surface area (Å²) in [7, 11) is 0. The SMILES string of the molecule is Cc1cc(/C=C/c2nc(O)c([N+](=O)[O-])c(=O)[nH]2)c(C)n1-c1ccc(N2CCOCC2)cc1. The number of nitro groups is 1. The quantitative estimate of drug-likeness (QED) is 0.464. The number of hydrogen-bond acceptors (Lipinski definition) is 7. The standard InChI is InChI=1S/C22H23N5O5/c1-14-13-16(3-8-19-23-21(28)20(27(30)31)22(29)24-19)15(2)26(14)18-6-4-17(5-7-18)25-9-11-32-12-10-25/h3-8,13H,9-12H2,1-2H3,(H2,23,24,28,29)/b8-3+. The highest BCUT2D eigenvalue weighted by Gasteiger charge is 2.21. The van der Waals surface area contributed by atoms with Crippen molar-refractivity contribution in [1.82, 2.24) is 14.5 Å². The van der Waals surface area contributed by atoms with Crippen molar-refractivity contribution in [2.45, 2.75) is 13.8 Å². The highest BCUT2D eigenvalue weighted by Crippen LogP contribution is 2.25. The summed E-state index contributed by atoms with van der Waals surface area (Å²) in [4.78, 5) is 30.0. The van der Waals surface area contributed by atoms with Crippen LogP contribution in [-0.4, -0.2) is 50.9 Å². The van der Waals surface area contributed by atoms with E-state index in [4.69, 9.17) is 4.74 Å². The molecular weight excluding hydrogens is 414 g/mol. The van der Waals surface area contributed by atoms with Crippen LogP contribution in [0.4, 0.5) is 11.4 Å². The number of aryl methyl sites for hydroxylation is 1. The Morgan fingerprint density at radius 3 is 2.44 bits per heavy atom. The Balaban J connectivity index is 1.59. The van der Waals surface area contributed by atoms with E-state index in [0.717, 1.165) is 54.6 Å². The van der Waals surface area contributed by atoms with Gasteiger partial charge in [0.2, 0.25) is 0 Å². The summed E-state index contributed by atoms with van der Waals surface area (Å²) in [6.07, 6.45) is 3.24. The molecule has 0 unspecified atom stereocenters. The van der Waals surface area contributed by atoms with Crippen LogP contribution in [-0.2, 0) is 4.74 Å². The molecule has 1 aliphatic rings. The lowest BCUT2D eigenvalue weighted by molar-refractivity contribution is -0.387. The zero-order valence-corrected chi connectivity index (χ0v) is 17.7. The minimum Gasteiger partial charge on any atom is -0.488 e. The molecule has 1 fully saturated rings. The Morgan fingerprint density at radius 1 is 1.16 bits per heavy atom. The van der Waals surface area contributed by atoms with Crippen molar-refractivity contribution in [2.24, 2.45) is 0 Å². The molecule has 0 radical (unpaired) electrons. The second kappa shape index (κ2) is 8.67. The number of hydrogen-bond donors (Lipinski definition) is 2. The van der Waals surface area contributed by atoms with Crippen LogP contribution in [0.5, 0.6) is 5.88 Å². The van der Waals surface area contributed by atoms with Gasteiger partial charge in [0.25, 0.3) is 5.88 Å². The van der Waals surface area contributed by atoms with Crippen molar-refractivity contribution < 1.29 is 14.8 Å². The molecule has 2 aromatic heterocycles. The first kappa shape index (κ1) is 21.3. The third kappa shape index (κ3) is 4.12. The molecule has 4 rings (SSSR count). The van der Waals surface area contributed by atoms with Gasteiger partial charge in [-0.05, 0) is 61.9 Å². The first-order valence-corrected chi connectivity index (χ1v) is 10.1. The van der Waals surface area contributed by atoms with Crippen molar-refractivity contribution in [3.63, 3.8) is 0 Å². The van der Waals surface area contributed by atoms with Crippen LogP contribution >= 0.6 is 0 Å². The van der Waals surface area contributed by atoms with Gasteiger partial charge in [-0.3, -0.25) is 14.9 Å². The van der Waals surface area contributed by atoms with Crippen LogP contribution < -0.4 is 10.5 Å². The van der Waals surface area contributed by atoms with E-state index in [9.17, 15) is 20.0 Å². The van der Waals surface area contributed by atoms with Crippen molar-refractivity contribution in [3.8, 4) is 11.6 Å². The van der Waals surface area contributed by atoms with E-state index < -0.39 is 22.0 Å². The molecule has 1 saturated heterocycles. The van der Waals surface area contributed by atoms with Crippen LogP contribution in [0, 0.1) is 24.0 Å². The Morgan fingerprint density at radius 2 is 1.81 bits per heavy atom. The predicted octanol–water partition coefficient (Wildman–Crippen LogP) is 2.80. The summed E-state index contributed by atoms with van der Waals surface area (Å²) in [6.45, 7) is 7.21. The van der Waals surface area contributed by atoms with E-state index in [1.807, 2.05) is 19.9 Å². The normalized spacial score (nSPS) is 14.2. The maximum absolute atomic E-state index is 11.8. The molecule has 1 aromatic carbocycles. The van der Waals surface area contributed by atoms with Crippen LogP contribution in [0.1, 0.15) is 22.8 Å². The first-order valence-electron chi connectivity index (χ1n) is 10.1. The molecule has 0 bridgehead atoms. The molecule has 10 nitrogen and oxygen atoms in total. The fraction of sp³-hybridized carbons (Fsp3) is 0.273. The van der Waals surface area contributed by atoms with Gasteiger partial charge < -0.3 is 24.3 Å². The Hall–Kier alpha value is -3.92. The molecule has 1 aliphatic heterocycles. The molecule has 0 atom stereocenters. The minimum atomic E-state index is -1.01. The number of ether oxygens (including phenoxy) is 1. The zero-order valence-electron chi connectivity index (χ0n) is 17.7. The highest BCUT2D eigenvalue weighted by atomic mass is 16.6. The van der Waals surface area contributed by atoms with Crippen LogP contribution in [0.3, 0.4) is 0 Å². The molecule has 3 aromatic rings. The Labute approximate surface area is 183 Å². The monoisotopic (exact) mass is 437 g/mol. The summed E-state index contributed by atoms with van der Waals surface area (Å²) in [5.74, 6) is -0.887. The van der Waals surface area contributed by atoms with Gasteiger partial charge in [-0.2, -0.15) is 4.98 Å². The third-order valence-corrected chi connectivity index (χ3v) is 5.45. The topological polar surface area (TPSA) is 127 Å². The Kier molecular flexibility index (Phi) is 5.78. The van der Waals surface area contributed by atoms with E-state index >= 15 is 0 Å². The molecule has 0 amide bonds. The molecule has 10 heteroatoms. The smallest absolute Gasteiger partial charge is 0.395 e. The van der Waals surface area contributed by atoms with Crippen LogP contribution in [0.25, 0.3) is 17.8 Å². The largest absolute Gasteiger partial charge is 0.488 e. The first-order chi connectivity index (χ1) is 15.3. The van der Waals surface area contributed by atoms with E-state index in [1.54, 1.807) is 6.08 Å². The summed E-state index contributed by atoms with van der Waals surface area (Å²) in [6, 6.07) is 10.3. The number of aromatic hydroxyl groups is 1. The average Bonchev–Trinajstić information content (AvgIpc) is 3.05. The van der Waals surface area contributed by atoms with Gasteiger partial charge in [0, 0.05) is 35.9 Å². The second-order valence-electron chi connectivity index (χ2n) is 7.49. The van der Waals surface area contributed by atoms with Gasteiger partial charge in [0.1, 0.15) is 5.82 Å². The van der Waals surface area contributed by atoms with Gasteiger partial charge in [-0.1, -0.05) is 0 Å². The number of H-pyrrole nitrogens is 1. The lowest BCUT2D eigenvalue weighted by Crippen LogP contribution is -2.36. The molecule has 166 valence electrons. The van der Waals surface area contributed by atoms with Crippen LogP contribution in [0.15, 0.2) is 35.1 Å². The number of morpholine rings is 1. The average molecular weight is 437 g/mol. The van der Waals surface area contributed by atoms with Crippen molar-refractivity contribution in [3.05, 3.63) is 73.6 Å². The molecule has 0 saturated carbocycles. The molecule has 32 heavy (non-hydrogen) atoms. The molecule has 3 heterocycles. The minimum absolute atomic E-state index is 0.0257. The zero-order chi connectivity index (χ0) is 22.8. The number of benzene rings is 1. The van der Waals surface area contributed by atoms with Gasteiger partial charge in [0.15, 0.2) is 0 Å². The summed E-state index contributed by atoms with van der Waals surface area (Å²) in [5, 5.41) is 20.5. The molecular formula is C22H23N5O5. The number of nitrogens with zero attached hydrogens (tertiary/aromatic N) is 4. The molecule has 0 spiro atoms. The number of anilines is 1. The van der Waals surface area contributed by atoms with Gasteiger partial charge >= 0.3 is 11.2 Å². The fourth-order valence-corrected chi connectivity index (χ4v) is 3.87. The molecule has 0 aliphatic carbocycles. The summed E-state index contributed by atoms with van der Waals surface area (Å²) >= 11 is 0. The van der Waals surface area contributed by atoms with Crippen molar-refractivity contribution >= 4 is 23.5 Å². The maximum Gasteiger partial charge on any atom is 0.395 e. The van der Waals surface area contributed by atoms with E-state index in [2.05, 4.69) is 43.7 Å². The lowest BCUT2D eigenvalue weighted by Gasteiger charge is -2.29. The number of aromatic nitrogens is 3. The molecule has 2 N–H and O–H groups in total. The lowest BCUT2D eigenvalue weighted by atomic mass is 10.2. The van der Waals surface area contributed by atoms with Gasteiger partial charge in [-0.15, -0.1) is 0 Å². The van der Waals surface area contributed by atoms with Crippen molar-refractivity contribution in [2.75, 3.05) is 31.2 Å². The predicted molar refractivity (Wildman–Crippen MR) is 120 cm³/mol. The summed E-state index contributed by atoms with van der Waals surface area (Å²) in [5.41, 5.74) is 3.10. The van der Waals surface area contributed by atoms with E-state index in [1.165, 1.54) is 6.08 Å². The maximum atomic E-state index is 11.8. The van der Waals surface area contributed by atoms with E-state index in [-0.39, 0.29) is 5.82 Å². The Bertz CT molecular complexity index is 1240. The van der Waals surface area contributed by atoms with Crippen molar-refractivity contribution in [1.29, 1.82) is 0 Å². The van der Waals surface area contributed by atoms with Crippen LogP contribution in [0.2, 0.25) is 0 Å². The van der Waals surface area contributed by atoms with Gasteiger partial charge in [-0.25, -0.2) is 0 Å².